The summed E-state index contributed by atoms with van der Waals surface area (Å²) in [5.74, 6) is 9.65. The molecule has 18 heavy (non-hydrogen) atoms. The van der Waals surface area contributed by atoms with Gasteiger partial charge in [-0.1, -0.05) is 5.92 Å². The zero-order valence-corrected chi connectivity index (χ0v) is 10.2. The molecule has 1 aliphatic rings. The average Bonchev–Trinajstić information content (AvgIpc) is 2.56. The number of ketones is 1. The molecule has 0 bridgehead atoms. The number of hydrogen-bond acceptors (Lipinski definition) is 4. The molecule has 0 unspecified atom stereocenters. The summed E-state index contributed by atoms with van der Waals surface area (Å²) in [5.41, 5.74) is 0.613. The zero-order valence-electron chi connectivity index (χ0n) is 10.2. The van der Waals surface area contributed by atoms with Crippen molar-refractivity contribution in [3.8, 4) is 23.7 Å². The van der Waals surface area contributed by atoms with Crippen LogP contribution in [0, 0.1) is 23.7 Å². The first kappa shape index (κ1) is 14.5. The fourth-order valence-electron chi connectivity index (χ4n) is 1.79. The predicted molar refractivity (Wildman–Crippen MR) is 66.2 cm³/mol. The highest BCUT2D eigenvalue weighted by atomic mass is 16.3. The van der Waals surface area contributed by atoms with E-state index in [4.69, 9.17) is 5.11 Å². The normalized spacial score (nSPS) is 22.3. The summed E-state index contributed by atoms with van der Waals surface area (Å²) < 4.78 is 0. The van der Waals surface area contributed by atoms with Crippen LogP contribution in [-0.2, 0) is 4.79 Å². The van der Waals surface area contributed by atoms with Gasteiger partial charge < -0.3 is 15.3 Å². The van der Waals surface area contributed by atoms with Crippen LogP contribution in [0.3, 0.4) is 0 Å². The molecule has 0 amide bonds. The molecule has 96 valence electrons. The highest BCUT2D eigenvalue weighted by Gasteiger charge is 2.38. The molecule has 0 aromatic rings. The Labute approximate surface area is 106 Å². The number of aliphatic hydroxyl groups excluding tert-OH is 3. The minimum atomic E-state index is -1.42. The van der Waals surface area contributed by atoms with E-state index in [1.165, 1.54) is 0 Å². The molecule has 0 spiro atoms. The lowest BCUT2D eigenvalue weighted by Crippen LogP contribution is -2.28. The Morgan fingerprint density at radius 3 is 2.50 bits per heavy atom. The Morgan fingerprint density at radius 1 is 1.17 bits per heavy atom. The van der Waals surface area contributed by atoms with Gasteiger partial charge in [0.25, 0.3) is 0 Å². The number of carbonyl (C=O) groups is 1. The van der Waals surface area contributed by atoms with E-state index >= 15 is 0 Å². The highest BCUT2D eigenvalue weighted by molar-refractivity contribution is 6.07. The second kappa shape index (κ2) is 6.98. The van der Waals surface area contributed by atoms with Gasteiger partial charge in [-0.2, -0.15) is 0 Å². The standard InChI is InChI=1S/C14H16O4/c1-2-3-4-7-10-11(8-5-6-9-15)13(17)14(18)12(10)16/h13-15,17-18H,5-6,8-9H2,1H3/t13-,14+/m1/s1. The van der Waals surface area contributed by atoms with Crippen molar-refractivity contribution in [3.63, 3.8) is 0 Å². The summed E-state index contributed by atoms with van der Waals surface area (Å²) in [4.78, 5) is 11.7. The molecule has 0 aliphatic heterocycles. The Hall–Kier alpha value is -1.59. The lowest BCUT2D eigenvalue weighted by Gasteiger charge is -2.10. The van der Waals surface area contributed by atoms with E-state index in [1.54, 1.807) is 6.92 Å². The van der Waals surface area contributed by atoms with Crippen LogP contribution in [0.25, 0.3) is 0 Å². The van der Waals surface area contributed by atoms with Crippen LogP contribution < -0.4 is 0 Å². The fraction of sp³-hybridized carbons (Fsp3) is 0.500. The molecule has 0 heterocycles. The van der Waals surface area contributed by atoms with Crippen LogP contribution in [-0.4, -0.2) is 39.9 Å². The molecule has 1 aliphatic carbocycles. The minimum Gasteiger partial charge on any atom is -0.396 e. The molecule has 0 saturated carbocycles. The van der Waals surface area contributed by atoms with Gasteiger partial charge in [-0.15, -0.1) is 0 Å². The van der Waals surface area contributed by atoms with E-state index in [9.17, 15) is 15.0 Å². The molecular weight excluding hydrogens is 232 g/mol. The van der Waals surface area contributed by atoms with Gasteiger partial charge in [0.1, 0.15) is 12.2 Å². The van der Waals surface area contributed by atoms with Crippen molar-refractivity contribution in [1.29, 1.82) is 0 Å². The maximum Gasteiger partial charge on any atom is 0.202 e. The highest BCUT2D eigenvalue weighted by Crippen LogP contribution is 2.27. The van der Waals surface area contributed by atoms with Crippen LogP contribution in [0.4, 0.5) is 0 Å². The largest absolute Gasteiger partial charge is 0.396 e. The summed E-state index contributed by atoms with van der Waals surface area (Å²) in [6.07, 6.45) is -0.958. The van der Waals surface area contributed by atoms with Crippen LogP contribution in [0.15, 0.2) is 11.1 Å². The van der Waals surface area contributed by atoms with E-state index in [0.29, 0.717) is 24.8 Å². The van der Waals surface area contributed by atoms with E-state index in [1.807, 2.05) is 0 Å². The van der Waals surface area contributed by atoms with E-state index in [0.717, 1.165) is 0 Å². The number of Topliss-reactive ketones (excluding diaryl/α,β-unsaturated/α-hetero) is 1. The van der Waals surface area contributed by atoms with Gasteiger partial charge in [0, 0.05) is 6.61 Å². The van der Waals surface area contributed by atoms with Crippen LogP contribution in [0.5, 0.6) is 0 Å². The number of carbonyl (C=O) groups excluding carboxylic acids is 1. The van der Waals surface area contributed by atoms with Gasteiger partial charge in [0.2, 0.25) is 5.78 Å². The number of hydrogen-bond donors (Lipinski definition) is 3. The summed E-state index contributed by atoms with van der Waals surface area (Å²) in [7, 11) is 0. The van der Waals surface area contributed by atoms with Gasteiger partial charge in [-0.05, 0) is 49.5 Å². The van der Waals surface area contributed by atoms with Crippen molar-refractivity contribution >= 4 is 5.78 Å². The lowest BCUT2D eigenvalue weighted by atomic mass is 10.0. The molecule has 0 fully saturated rings. The lowest BCUT2D eigenvalue weighted by molar-refractivity contribution is -0.125. The van der Waals surface area contributed by atoms with Gasteiger partial charge in [0.05, 0.1) is 5.57 Å². The monoisotopic (exact) mass is 248 g/mol. The van der Waals surface area contributed by atoms with Crippen LogP contribution in [0.1, 0.15) is 26.2 Å². The molecule has 0 radical (unpaired) electrons. The van der Waals surface area contributed by atoms with Crippen molar-refractivity contribution in [1.82, 2.24) is 0 Å². The Kier molecular flexibility index (Phi) is 5.61. The third kappa shape index (κ3) is 3.21. The maximum atomic E-state index is 11.7. The smallest absolute Gasteiger partial charge is 0.202 e. The molecule has 3 N–H and O–H groups in total. The Bertz CT molecular complexity index is 467. The van der Waals surface area contributed by atoms with Crippen molar-refractivity contribution in [2.24, 2.45) is 0 Å². The van der Waals surface area contributed by atoms with Crippen molar-refractivity contribution in [2.75, 3.05) is 6.61 Å². The Balaban J connectivity index is 2.95. The SMILES string of the molecule is CC#CC#CC1=C(CCCCO)[C@@H](O)[C@@H](O)C1=O. The van der Waals surface area contributed by atoms with Crippen molar-refractivity contribution < 1.29 is 20.1 Å². The third-order valence-electron chi connectivity index (χ3n) is 2.72. The number of rotatable bonds is 4. The summed E-state index contributed by atoms with van der Waals surface area (Å²) in [5, 5.41) is 28.0. The summed E-state index contributed by atoms with van der Waals surface area (Å²) in [6, 6.07) is 0. The molecule has 0 aromatic carbocycles. The van der Waals surface area contributed by atoms with E-state index in [2.05, 4.69) is 23.7 Å². The second-order valence-corrected chi connectivity index (χ2v) is 3.96. The van der Waals surface area contributed by atoms with Crippen LogP contribution in [0.2, 0.25) is 0 Å². The molecule has 4 nitrogen and oxygen atoms in total. The summed E-state index contributed by atoms with van der Waals surface area (Å²) >= 11 is 0. The summed E-state index contributed by atoms with van der Waals surface area (Å²) in [6.45, 7) is 1.69. The average molecular weight is 248 g/mol. The molecule has 0 aromatic heterocycles. The predicted octanol–water partition coefficient (Wildman–Crippen LogP) is -0.223. The first-order valence-corrected chi connectivity index (χ1v) is 5.80. The topological polar surface area (TPSA) is 77.8 Å². The number of aliphatic hydroxyl groups is 3. The molecular formula is C14H16O4. The third-order valence-corrected chi connectivity index (χ3v) is 2.72. The Morgan fingerprint density at radius 2 is 1.89 bits per heavy atom. The molecule has 4 heteroatoms. The van der Waals surface area contributed by atoms with Gasteiger partial charge in [0.15, 0.2) is 0 Å². The molecule has 0 saturated heterocycles. The van der Waals surface area contributed by atoms with Gasteiger partial charge in [-0.3, -0.25) is 4.79 Å². The fourth-order valence-corrected chi connectivity index (χ4v) is 1.79. The van der Waals surface area contributed by atoms with Gasteiger partial charge >= 0.3 is 0 Å². The van der Waals surface area contributed by atoms with Gasteiger partial charge in [-0.25, -0.2) is 0 Å². The second-order valence-electron chi connectivity index (χ2n) is 3.96. The van der Waals surface area contributed by atoms with Crippen LogP contribution >= 0.6 is 0 Å². The minimum absolute atomic E-state index is 0.0577. The first-order chi connectivity index (χ1) is 8.63. The van der Waals surface area contributed by atoms with Crippen molar-refractivity contribution in [3.05, 3.63) is 11.1 Å². The first-order valence-electron chi connectivity index (χ1n) is 5.80. The molecule has 1 rings (SSSR count). The van der Waals surface area contributed by atoms with E-state index in [-0.39, 0.29) is 12.2 Å². The number of unbranched alkanes of at least 4 members (excludes halogenated alkanes) is 1. The van der Waals surface area contributed by atoms with E-state index < -0.39 is 18.0 Å². The maximum absolute atomic E-state index is 11.7. The zero-order chi connectivity index (χ0) is 13.5. The quantitative estimate of drug-likeness (QED) is 0.474. The molecule has 2 atom stereocenters. The van der Waals surface area contributed by atoms with Crippen molar-refractivity contribution in [2.45, 2.75) is 38.4 Å².